The summed E-state index contributed by atoms with van der Waals surface area (Å²) >= 11 is 6.63. The van der Waals surface area contributed by atoms with Crippen molar-refractivity contribution in [3.8, 4) is 5.75 Å². The zero-order chi connectivity index (χ0) is 11.4. The molecule has 1 rings (SSSR count). The minimum absolute atomic E-state index is 0.360. The number of rotatable bonds is 4. The van der Waals surface area contributed by atoms with Crippen LogP contribution in [-0.2, 0) is 11.2 Å². The highest BCUT2D eigenvalue weighted by molar-refractivity contribution is 9.10. The summed E-state index contributed by atoms with van der Waals surface area (Å²) in [6, 6.07) is 5.61. The molecular weight excluding hydrogens is 326 g/mol. The van der Waals surface area contributed by atoms with Crippen molar-refractivity contribution in [2.75, 3.05) is 7.11 Å². The van der Waals surface area contributed by atoms with Gasteiger partial charge in [-0.2, -0.15) is 0 Å². The van der Waals surface area contributed by atoms with E-state index in [-0.39, 0.29) is 10.7 Å². The van der Waals surface area contributed by atoms with Gasteiger partial charge in [-0.25, -0.2) is 0 Å². The first-order valence-electron chi connectivity index (χ1n) is 4.30. The predicted octanol–water partition coefficient (Wildman–Crippen LogP) is 2.25. The fraction of sp³-hybridized carbons (Fsp3) is 0.300. The van der Waals surface area contributed by atoms with E-state index in [1.54, 1.807) is 7.11 Å². The molecule has 0 aromatic heterocycles. The van der Waals surface area contributed by atoms with Gasteiger partial charge in [-0.1, -0.05) is 31.9 Å². The number of ether oxygens (including phenoxy) is 1. The number of alkyl halides is 1. The number of benzene rings is 1. The number of methoxy groups -OCH3 is 1. The first kappa shape index (κ1) is 12.5. The van der Waals surface area contributed by atoms with Crippen LogP contribution in [0.5, 0.6) is 5.75 Å². The first-order valence-corrected chi connectivity index (χ1v) is 6.01. The van der Waals surface area contributed by atoms with Crippen LogP contribution in [0.4, 0.5) is 0 Å². The van der Waals surface area contributed by atoms with E-state index in [0.717, 1.165) is 15.8 Å². The molecule has 1 unspecified atom stereocenters. The lowest BCUT2D eigenvalue weighted by Crippen LogP contribution is -2.25. The third-order valence-electron chi connectivity index (χ3n) is 1.96. The van der Waals surface area contributed by atoms with Gasteiger partial charge in [-0.05, 0) is 30.2 Å². The second-order valence-electron chi connectivity index (χ2n) is 3.03. The molecule has 1 amide bonds. The van der Waals surface area contributed by atoms with E-state index in [4.69, 9.17) is 10.5 Å². The summed E-state index contributed by atoms with van der Waals surface area (Å²) < 4.78 is 6.04. The fourth-order valence-corrected chi connectivity index (χ4v) is 1.89. The Labute approximate surface area is 105 Å². The van der Waals surface area contributed by atoms with Crippen LogP contribution in [0.1, 0.15) is 5.56 Å². The van der Waals surface area contributed by atoms with Crippen molar-refractivity contribution >= 4 is 37.8 Å². The second-order valence-corrected chi connectivity index (χ2v) is 4.99. The molecule has 0 radical (unpaired) electrons. The van der Waals surface area contributed by atoms with E-state index in [2.05, 4.69) is 31.9 Å². The summed E-state index contributed by atoms with van der Waals surface area (Å²) in [4.78, 5) is 10.5. The number of carbonyl (C=O) groups is 1. The van der Waals surface area contributed by atoms with Crippen molar-refractivity contribution in [1.82, 2.24) is 0 Å². The normalized spacial score (nSPS) is 12.2. The third kappa shape index (κ3) is 3.50. The molecular formula is C10H11Br2NO2. The molecule has 0 saturated carbocycles. The van der Waals surface area contributed by atoms with Gasteiger partial charge in [-0.15, -0.1) is 0 Å². The van der Waals surface area contributed by atoms with Crippen LogP contribution in [0.2, 0.25) is 0 Å². The molecule has 0 aliphatic rings. The molecule has 15 heavy (non-hydrogen) atoms. The maximum absolute atomic E-state index is 10.9. The minimum atomic E-state index is -0.371. The Morgan fingerprint density at radius 1 is 1.60 bits per heavy atom. The Balaban J connectivity index is 2.88. The third-order valence-corrected chi connectivity index (χ3v) is 3.51. The highest BCUT2D eigenvalue weighted by atomic mass is 79.9. The molecule has 2 N–H and O–H groups in total. The van der Waals surface area contributed by atoms with Gasteiger partial charge in [0.05, 0.1) is 11.9 Å². The van der Waals surface area contributed by atoms with Crippen molar-refractivity contribution in [1.29, 1.82) is 0 Å². The largest absolute Gasteiger partial charge is 0.497 e. The van der Waals surface area contributed by atoms with Crippen LogP contribution in [0.25, 0.3) is 0 Å². The van der Waals surface area contributed by atoms with Gasteiger partial charge in [0, 0.05) is 4.47 Å². The second kappa shape index (κ2) is 5.51. The lowest BCUT2D eigenvalue weighted by atomic mass is 10.1. The van der Waals surface area contributed by atoms with Gasteiger partial charge >= 0.3 is 0 Å². The van der Waals surface area contributed by atoms with Crippen LogP contribution in [0, 0.1) is 0 Å². The number of amides is 1. The number of hydrogen-bond donors (Lipinski definition) is 1. The Morgan fingerprint density at radius 2 is 2.27 bits per heavy atom. The van der Waals surface area contributed by atoms with Crippen molar-refractivity contribution < 1.29 is 9.53 Å². The predicted molar refractivity (Wildman–Crippen MR) is 66.3 cm³/mol. The molecule has 1 aromatic rings. The van der Waals surface area contributed by atoms with E-state index < -0.39 is 0 Å². The van der Waals surface area contributed by atoms with Crippen LogP contribution in [0.15, 0.2) is 22.7 Å². The highest BCUT2D eigenvalue weighted by Gasteiger charge is 2.13. The van der Waals surface area contributed by atoms with Crippen molar-refractivity contribution in [2.24, 2.45) is 5.73 Å². The number of primary amides is 1. The van der Waals surface area contributed by atoms with E-state index in [9.17, 15) is 4.79 Å². The maximum Gasteiger partial charge on any atom is 0.231 e. The van der Waals surface area contributed by atoms with Gasteiger partial charge in [-0.3, -0.25) is 4.79 Å². The average molecular weight is 337 g/mol. The van der Waals surface area contributed by atoms with Crippen molar-refractivity contribution in [2.45, 2.75) is 11.2 Å². The summed E-state index contributed by atoms with van der Waals surface area (Å²) in [5.41, 5.74) is 6.15. The van der Waals surface area contributed by atoms with E-state index in [0.29, 0.717) is 6.42 Å². The molecule has 5 heteroatoms. The Kier molecular flexibility index (Phi) is 4.60. The van der Waals surface area contributed by atoms with Gasteiger partial charge in [0.1, 0.15) is 5.75 Å². The number of hydrogen-bond acceptors (Lipinski definition) is 2. The molecule has 0 saturated heterocycles. The van der Waals surface area contributed by atoms with Gasteiger partial charge in [0.15, 0.2) is 0 Å². The summed E-state index contributed by atoms with van der Waals surface area (Å²) in [6.45, 7) is 0. The molecule has 0 aliphatic heterocycles. The fourth-order valence-electron chi connectivity index (χ4n) is 1.13. The topological polar surface area (TPSA) is 52.3 Å². The van der Waals surface area contributed by atoms with E-state index in [1.165, 1.54) is 0 Å². The molecule has 1 atom stereocenters. The van der Waals surface area contributed by atoms with Crippen LogP contribution in [0.3, 0.4) is 0 Å². The molecule has 0 aliphatic carbocycles. The lowest BCUT2D eigenvalue weighted by molar-refractivity contribution is -0.117. The first-order chi connectivity index (χ1) is 7.04. The van der Waals surface area contributed by atoms with Crippen molar-refractivity contribution in [3.63, 3.8) is 0 Å². The molecule has 0 fully saturated rings. The maximum atomic E-state index is 10.9. The summed E-state index contributed by atoms with van der Waals surface area (Å²) in [7, 11) is 1.60. The quantitative estimate of drug-likeness (QED) is 0.857. The Morgan fingerprint density at radius 3 is 2.80 bits per heavy atom. The molecule has 82 valence electrons. The highest BCUT2D eigenvalue weighted by Crippen LogP contribution is 2.24. The van der Waals surface area contributed by atoms with Gasteiger partial charge < -0.3 is 10.5 Å². The van der Waals surface area contributed by atoms with Gasteiger partial charge in [0.25, 0.3) is 0 Å². The molecule has 1 aromatic carbocycles. The summed E-state index contributed by atoms with van der Waals surface area (Å²) in [6.07, 6.45) is 0.535. The minimum Gasteiger partial charge on any atom is -0.497 e. The standard InChI is InChI=1S/C10H11Br2NO2/c1-15-7-2-3-8(11)6(4-7)5-9(12)10(13)14/h2-4,9H,5H2,1H3,(H2,13,14). The molecule has 3 nitrogen and oxygen atoms in total. The van der Waals surface area contributed by atoms with Crippen LogP contribution in [-0.4, -0.2) is 17.8 Å². The monoisotopic (exact) mass is 335 g/mol. The van der Waals surface area contributed by atoms with Crippen molar-refractivity contribution in [3.05, 3.63) is 28.2 Å². The number of nitrogens with two attached hydrogens (primary N) is 1. The molecule has 0 heterocycles. The summed E-state index contributed by atoms with van der Waals surface area (Å²) in [5.74, 6) is 0.391. The van der Waals surface area contributed by atoms with Crippen LogP contribution < -0.4 is 10.5 Å². The van der Waals surface area contributed by atoms with E-state index in [1.807, 2.05) is 18.2 Å². The number of halogens is 2. The Hall–Kier alpha value is -0.550. The number of carbonyl (C=O) groups excluding carboxylic acids is 1. The summed E-state index contributed by atoms with van der Waals surface area (Å²) in [5, 5.41) is 0. The smallest absolute Gasteiger partial charge is 0.231 e. The molecule has 0 spiro atoms. The Bertz CT molecular complexity index is 368. The zero-order valence-corrected chi connectivity index (χ0v) is 11.3. The lowest BCUT2D eigenvalue weighted by Gasteiger charge is -2.09. The SMILES string of the molecule is COc1ccc(Br)c(CC(Br)C(N)=O)c1. The average Bonchev–Trinajstić information content (AvgIpc) is 2.21. The van der Waals surface area contributed by atoms with E-state index >= 15 is 0 Å². The zero-order valence-electron chi connectivity index (χ0n) is 8.17. The molecule has 0 bridgehead atoms. The van der Waals surface area contributed by atoms with Gasteiger partial charge in [0.2, 0.25) is 5.91 Å². The van der Waals surface area contributed by atoms with Crippen LogP contribution >= 0.6 is 31.9 Å².